The molecular weight excluding hydrogens is 376 g/mol. The highest BCUT2D eigenvalue weighted by Gasteiger charge is 2.19. The first-order valence-corrected chi connectivity index (χ1v) is 10.2. The molecule has 0 unspecified atom stereocenters. The van der Waals surface area contributed by atoms with Gasteiger partial charge in [-0.2, -0.15) is 0 Å². The number of anilines is 1. The van der Waals surface area contributed by atoms with E-state index in [0.29, 0.717) is 17.0 Å². The zero-order valence-corrected chi connectivity index (χ0v) is 16.7. The highest BCUT2D eigenvalue weighted by atomic mass is 16.5. The molecule has 2 amide bonds. The molecule has 1 saturated heterocycles. The molecule has 0 saturated carbocycles. The molecule has 3 aromatic rings. The average molecular weight is 400 g/mol. The van der Waals surface area contributed by atoms with Crippen LogP contribution in [-0.2, 0) is 4.79 Å². The van der Waals surface area contributed by atoms with Crippen LogP contribution >= 0.6 is 0 Å². The topological polar surface area (TPSA) is 58.6 Å². The van der Waals surface area contributed by atoms with Crippen molar-refractivity contribution >= 4 is 17.5 Å². The van der Waals surface area contributed by atoms with Crippen LogP contribution in [0.3, 0.4) is 0 Å². The number of hydrogen-bond donors (Lipinski definition) is 1. The quantitative estimate of drug-likeness (QED) is 0.658. The van der Waals surface area contributed by atoms with Gasteiger partial charge in [0.05, 0.1) is 0 Å². The number of hydrogen-bond acceptors (Lipinski definition) is 3. The number of benzene rings is 3. The summed E-state index contributed by atoms with van der Waals surface area (Å²) in [5.41, 5.74) is 3.51. The van der Waals surface area contributed by atoms with Crippen molar-refractivity contribution in [3.63, 3.8) is 0 Å². The van der Waals surface area contributed by atoms with Gasteiger partial charge in [0.25, 0.3) is 11.8 Å². The van der Waals surface area contributed by atoms with Crippen molar-refractivity contribution in [2.24, 2.45) is 0 Å². The molecule has 0 aliphatic carbocycles. The molecule has 0 bridgehead atoms. The molecule has 0 atom stereocenters. The predicted molar refractivity (Wildman–Crippen MR) is 118 cm³/mol. The minimum atomic E-state index is -0.249. The minimum Gasteiger partial charge on any atom is -0.484 e. The lowest BCUT2D eigenvalue weighted by atomic mass is 10.1. The molecule has 0 spiro atoms. The Bertz CT molecular complexity index is 993. The lowest BCUT2D eigenvalue weighted by Crippen LogP contribution is -2.27. The van der Waals surface area contributed by atoms with E-state index in [0.717, 1.165) is 37.1 Å². The number of likely N-dealkylation sites (tertiary alicyclic amines) is 1. The van der Waals surface area contributed by atoms with Crippen LogP contribution in [0, 0.1) is 0 Å². The van der Waals surface area contributed by atoms with Crippen LogP contribution in [0.15, 0.2) is 78.9 Å². The lowest BCUT2D eigenvalue weighted by molar-refractivity contribution is -0.118. The van der Waals surface area contributed by atoms with Gasteiger partial charge < -0.3 is 15.0 Å². The third-order valence-electron chi connectivity index (χ3n) is 5.14. The first-order chi connectivity index (χ1) is 14.7. The van der Waals surface area contributed by atoms with Crippen molar-refractivity contribution < 1.29 is 14.3 Å². The second-order valence-electron chi connectivity index (χ2n) is 7.30. The molecular formula is C25H24N2O3. The first-order valence-electron chi connectivity index (χ1n) is 10.2. The molecule has 3 aromatic carbocycles. The van der Waals surface area contributed by atoms with Gasteiger partial charge in [0, 0.05) is 24.3 Å². The summed E-state index contributed by atoms with van der Waals surface area (Å²) in [6.07, 6.45) is 2.13. The van der Waals surface area contributed by atoms with Crippen LogP contribution in [0.1, 0.15) is 23.2 Å². The first kappa shape index (κ1) is 19.7. The van der Waals surface area contributed by atoms with Crippen LogP contribution in [-0.4, -0.2) is 36.4 Å². The Kier molecular flexibility index (Phi) is 6.09. The van der Waals surface area contributed by atoms with Crippen LogP contribution in [0.5, 0.6) is 5.75 Å². The summed E-state index contributed by atoms with van der Waals surface area (Å²) in [4.78, 5) is 26.4. The standard InChI is InChI=1S/C25H24N2O3/c28-24(18-30-23-14-10-20(11-15-23)19-6-2-1-3-7-19)26-22-12-8-21(9-13-22)25(29)27-16-4-5-17-27/h1-3,6-15H,4-5,16-18H2,(H,26,28). The number of nitrogens with one attached hydrogen (secondary N) is 1. The molecule has 5 nitrogen and oxygen atoms in total. The molecule has 1 N–H and O–H groups in total. The van der Waals surface area contributed by atoms with Gasteiger partial charge >= 0.3 is 0 Å². The van der Waals surface area contributed by atoms with Crippen molar-refractivity contribution in [2.45, 2.75) is 12.8 Å². The van der Waals surface area contributed by atoms with Crippen molar-refractivity contribution in [3.8, 4) is 16.9 Å². The van der Waals surface area contributed by atoms with Gasteiger partial charge in [0.15, 0.2) is 6.61 Å². The summed E-state index contributed by atoms with van der Waals surface area (Å²) in [5.74, 6) is 0.435. The predicted octanol–water partition coefficient (Wildman–Crippen LogP) is 4.61. The van der Waals surface area contributed by atoms with E-state index in [-0.39, 0.29) is 18.4 Å². The maximum Gasteiger partial charge on any atom is 0.262 e. The van der Waals surface area contributed by atoms with Gasteiger partial charge in [-0.1, -0.05) is 42.5 Å². The Morgan fingerprint density at radius 3 is 2.10 bits per heavy atom. The van der Waals surface area contributed by atoms with E-state index < -0.39 is 0 Å². The third kappa shape index (κ3) is 4.87. The summed E-state index contributed by atoms with van der Waals surface area (Å²) in [6.45, 7) is 1.56. The Balaban J connectivity index is 1.28. The Hall–Kier alpha value is -3.60. The molecule has 4 rings (SSSR count). The fraction of sp³-hybridized carbons (Fsp3) is 0.200. The van der Waals surface area contributed by atoms with E-state index in [4.69, 9.17) is 4.74 Å². The van der Waals surface area contributed by atoms with Gasteiger partial charge in [-0.05, 0) is 60.4 Å². The molecule has 1 fully saturated rings. The second-order valence-corrected chi connectivity index (χ2v) is 7.30. The number of ether oxygens (including phenoxy) is 1. The second kappa shape index (κ2) is 9.27. The van der Waals surface area contributed by atoms with Crippen LogP contribution in [0.4, 0.5) is 5.69 Å². The third-order valence-corrected chi connectivity index (χ3v) is 5.14. The van der Waals surface area contributed by atoms with Gasteiger partial charge in [0.2, 0.25) is 0 Å². The zero-order chi connectivity index (χ0) is 20.8. The molecule has 1 aliphatic rings. The number of rotatable bonds is 6. The maximum atomic E-state index is 12.4. The van der Waals surface area contributed by atoms with Gasteiger partial charge in [-0.15, -0.1) is 0 Å². The fourth-order valence-corrected chi connectivity index (χ4v) is 3.52. The summed E-state index contributed by atoms with van der Waals surface area (Å²) in [5, 5.41) is 2.80. The Morgan fingerprint density at radius 1 is 0.800 bits per heavy atom. The normalized spacial score (nSPS) is 13.1. The Morgan fingerprint density at radius 2 is 1.43 bits per heavy atom. The van der Waals surface area contributed by atoms with Crippen LogP contribution in [0.25, 0.3) is 11.1 Å². The van der Waals surface area contributed by atoms with Gasteiger partial charge in [-0.3, -0.25) is 9.59 Å². The summed E-state index contributed by atoms with van der Waals surface area (Å²) in [7, 11) is 0. The average Bonchev–Trinajstić information content (AvgIpc) is 3.34. The largest absolute Gasteiger partial charge is 0.484 e. The fourth-order valence-electron chi connectivity index (χ4n) is 3.52. The van der Waals surface area contributed by atoms with Crippen molar-refractivity contribution in [2.75, 3.05) is 25.0 Å². The molecule has 30 heavy (non-hydrogen) atoms. The van der Waals surface area contributed by atoms with Crippen molar-refractivity contribution in [1.82, 2.24) is 4.90 Å². The van der Waals surface area contributed by atoms with E-state index in [1.165, 1.54) is 0 Å². The number of carbonyl (C=O) groups is 2. The highest BCUT2D eigenvalue weighted by Crippen LogP contribution is 2.22. The molecule has 1 heterocycles. The molecule has 5 heteroatoms. The molecule has 1 aliphatic heterocycles. The summed E-state index contributed by atoms with van der Waals surface area (Å²) in [6, 6.07) is 24.7. The Labute approximate surface area is 176 Å². The van der Waals surface area contributed by atoms with Gasteiger partial charge in [0.1, 0.15) is 5.75 Å². The summed E-state index contributed by atoms with van der Waals surface area (Å²) >= 11 is 0. The summed E-state index contributed by atoms with van der Waals surface area (Å²) < 4.78 is 5.59. The monoisotopic (exact) mass is 400 g/mol. The smallest absolute Gasteiger partial charge is 0.262 e. The lowest BCUT2D eigenvalue weighted by Gasteiger charge is -2.15. The number of nitrogens with zero attached hydrogens (tertiary/aromatic N) is 1. The number of amides is 2. The zero-order valence-electron chi connectivity index (χ0n) is 16.7. The van der Waals surface area contributed by atoms with Crippen LogP contribution < -0.4 is 10.1 Å². The van der Waals surface area contributed by atoms with Gasteiger partial charge in [-0.25, -0.2) is 0 Å². The van der Waals surface area contributed by atoms with Crippen molar-refractivity contribution in [3.05, 3.63) is 84.4 Å². The number of carbonyl (C=O) groups excluding carboxylic acids is 2. The molecule has 0 aromatic heterocycles. The highest BCUT2D eigenvalue weighted by molar-refractivity contribution is 5.96. The SMILES string of the molecule is O=C(COc1ccc(-c2ccccc2)cc1)Nc1ccc(C(=O)N2CCCC2)cc1. The van der Waals surface area contributed by atoms with Crippen molar-refractivity contribution in [1.29, 1.82) is 0 Å². The minimum absolute atomic E-state index is 0.0488. The van der Waals surface area contributed by atoms with E-state index >= 15 is 0 Å². The molecule has 0 radical (unpaired) electrons. The van der Waals surface area contributed by atoms with E-state index in [9.17, 15) is 9.59 Å². The van der Waals surface area contributed by atoms with E-state index in [1.807, 2.05) is 59.5 Å². The molecule has 152 valence electrons. The van der Waals surface area contributed by atoms with Crippen LogP contribution in [0.2, 0.25) is 0 Å². The van der Waals surface area contributed by atoms with E-state index in [2.05, 4.69) is 5.32 Å². The maximum absolute atomic E-state index is 12.4. The van der Waals surface area contributed by atoms with E-state index in [1.54, 1.807) is 24.3 Å².